The maximum absolute atomic E-state index is 5.89. The van der Waals surface area contributed by atoms with Crippen molar-refractivity contribution < 1.29 is 4.52 Å². The number of nitrogens with two attached hydrogens (primary N) is 1. The van der Waals surface area contributed by atoms with Crippen molar-refractivity contribution in [2.24, 2.45) is 17.1 Å². The number of aromatic amines is 1. The third-order valence-electron chi connectivity index (χ3n) is 3.41. The van der Waals surface area contributed by atoms with E-state index in [-0.39, 0.29) is 10.3 Å². The number of nitrogens with one attached hydrogen (secondary N) is 1. The van der Waals surface area contributed by atoms with Crippen molar-refractivity contribution in [3.05, 3.63) is 10.7 Å². The quantitative estimate of drug-likeness (QED) is 0.775. The van der Waals surface area contributed by atoms with Gasteiger partial charge in [0.25, 0.3) is 0 Å². The molecule has 84 valence electrons. The molecule has 4 nitrogen and oxygen atoms in total. The number of aromatic nitrogens is 2. The largest absolute Gasteiger partial charge is 0.348 e. The molecule has 0 radical (unpaired) electrons. The highest BCUT2D eigenvalue weighted by molar-refractivity contribution is 7.71. The zero-order chi connectivity index (χ0) is 10.9. The number of rotatable bonds is 3. The zero-order valence-electron chi connectivity index (χ0n) is 8.95. The highest BCUT2D eigenvalue weighted by atomic mass is 32.1. The van der Waals surface area contributed by atoms with Crippen molar-refractivity contribution in [3.63, 3.8) is 0 Å². The number of hydrogen-bond acceptors (Lipinski definition) is 4. The first-order valence-corrected chi connectivity index (χ1v) is 5.79. The highest BCUT2D eigenvalue weighted by Crippen LogP contribution is 2.42. The molecular weight excluding hydrogens is 210 g/mol. The molecule has 0 aromatic carbocycles. The molecule has 5 heteroatoms. The van der Waals surface area contributed by atoms with Gasteiger partial charge in [0, 0.05) is 6.42 Å². The Kier molecular flexibility index (Phi) is 2.93. The molecule has 1 saturated carbocycles. The lowest BCUT2D eigenvalue weighted by Crippen LogP contribution is -2.30. The van der Waals surface area contributed by atoms with E-state index in [1.165, 1.54) is 19.3 Å². The van der Waals surface area contributed by atoms with E-state index < -0.39 is 0 Å². The minimum absolute atomic E-state index is 0.203. The van der Waals surface area contributed by atoms with Crippen molar-refractivity contribution >= 4 is 12.2 Å². The number of H-pyrrole nitrogens is 1. The summed E-state index contributed by atoms with van der Waals surface area (Å²) in [6.45, 7) is 2.99. The van der Waals surface area contributed by atoms with Gasteiger partial charge in [0.2, 0.25) is 0 Å². The van der Waals surface area contributed by atoms with Gasteiger partial charge >= 0.3 is 4.84 Å². The van der Waals surface area contributed by atoms with Gasteiger partial charge in [-0.15, -0.1) is 0 Å². The first-order chi connectivity index (χ1) is 7.13. The first kappa shape index (κ1) is 10.8. The second kappa shape index (κ2) is 4.06. The molecule has 0 bridgehead atoms. The molecule has 1 aliphatic carbocycles. The predicted octanol–water partition coefficient (Wildman–Crippen LogP) is 2.04. The minimum atomic E-state index is 0.203. The summed E-state index contributed by atoms with van der Waals surface area (Å²) in [5.74, 6) is 1.60. The normalized spacial score (nSPS) is 30.9. The summed E-state index contributed by atoms with van der Waals surface area (Å²) in [7, 11) is 0. The van der Waals surface area contributed by atoms with Crippen molar-refractivity contribution in [1.29, 1.82) is 0 Å². The van der Waals surface area contributed by atoms with Crippen molar-refractivity contribution in [2.75, 3.05) is 6.54 Å². The van der Waals surface area contributed by atoms with Crippen LogP contribution >= 0.6 is 12.2 Å². The Hall–Kier alpha value is -0.680. The van der Waals surface area contributed by atoms with Crippen LogP contribution in [-0.4, -0.2) is 16.7 Å². The smallest absolute Gasteiger partial charge is 0.314 e. The molecule has 1 aromatic rings. The van der Waals surface area contributed by atoms with Crippen molar-refractivity contribution in [3.8, 4) is 0 Å². The Balaban J connectivity index is 2.11. The van der Waals surface area contributed by atoms with Crippen LogP contribution in [0.25, 0.3) is 0 Å². The van der Waals surface area contributed by atoms with Gasteiger partial charge in [-0.25, -0.2) is 5.16 Å². The molecular formula is C10H17N3OS. The lowest BCUT2D eigenvalue weighted by atomic mass is 9.82. The van der Waals surface area contributed by atoms with Gasteiger partial charge in [0.15, 0.2) is 0 Å². The standard InChI is InChI=1S/C10H17N3OS/c1-7-2-3-10(4-7,6-11)5-8-12-9(15)14-13-8/h7H,2-6,11H2,1H3,(H,12,13,15)/t7-,10-/m0/s1. The van der Waals surface area contributed by atoms with E-state index in [4.69, 9.17) is 22.5 Å². The van der Waals surface area contributed by atoms with Crippen LogP contribution in [0.5, 0.6) is 0 Å². The summed E-state index contributed by atoms with van der Waals surface area (Å²) >= 11 is 4.83. The Labute approximate surface area is 94.2 Å². The van der Waals surface area contributed by atoms with Gasteiger partial charge in [-0.1, -0.05) is 13.3 Å². The lowest BCUT2D eigenvalue weighted by molar-refractivity contribution is 0.283. The summed E-state index contributed by atoms with van der Waals surface area (Å²) in [5, 5.41) is 2.76. The van der Waals surface area contributed by atoms with Crippen LogP contribution in [0.2, 0.25) is 0 Å². The maximum Gasteiger partial charge on any atom is 0.314 e. The molecule has 1 fully saturated rings. The Morgan fingerprint density at radius 2 is 2.53 bits per heavy atom. The molecule has 2 atom stereocenters. The average Bonchev–Trinajstić information content (AvgIpc) is 2.75. The van der Waals surface area contributed by atoms with Crippen LogP contribution in [0.4, 0.5) is 0 Å². The second-order valence-electron chi connectivity index (χ2n) is 4.76. The zero-order valence-corrected chi connectivity index (χ0v) is 9.77. The Morgan fingerprint density at radius 1 is 1.73 bits per heavy atom. The molecule has 1 aliphatic rings. The molecule has 0 saturated heterocycles. The molecule has 0 amide bonds. The monoisotopic (exact) mass is 227 g/mol. The van der Waals surface area contributed by atoms with Crippen molar-refractivity contribution in [1.82, 2.24) is 10.1 Å². The fraction of sp³-hybridized carbons (Fsp3) is 0.800. The maximum atomic E-state index is 5.89. The number of nitrogens with zero attached hydrogens (tertiary/aromatic N) is 1. The SMILES string of the molecule is C[C@H]1CC[C@@](CN)(Cc2nc(=S)o[nH]2)C1. The van der Waals surface area contributed by atoms with E-state index in [9.17, 15) is 0 Å². The Morgan fingerprint density at radius 3 is 3.00 bits per heavy atom. The van der Waals surface area contributed by atoms with E-state index in [1.807, 2.05) is 0 Å². The van der Waals surface area contributed by atoms with Gasteiger partial charge in [-0.05, 0) is 42.9 Å². The molecule has 0 aliphatic heterocycles. The molecule has 15 heavy (non-hydrogen) atoms. The topological polar surface area (TPSA) is 67.8 Å². The highest BCUT2D eigenvalue weighted by Gasteiger charge is 2.37. The fourth-order valence-corrected chi connectivity index (χ4v) is 2.76. The third kappa shape index (κ3) is 2.29. The fourth-order valence-electron chi connectivity index (χ4n) is 2.60. The van der Waals surface area contributed by atoms with Crippen LogP contribution in [-0.2, 0) is 6.42 Å². The van der Waals surface area contributed by atoms with Gasteiger partial charge in [0.05, 0.1) is 0 Å². The van der Waals surface area contributed by atoms with E-state index in [2.05, 4.69) is 17.1 Å². The van der Waals surface area contributed by atoms with Crippen LogP contribution in [0.15, 0.2) is 4.52 Å². The van der Waals surface area contributed by atoms with Gasteiger partial charge in [-0.3, -0.25) is 0 Å². The molecule has 0 unspecified atom stereocenters. The second-order valence-corrected chi connectivity index (χ2v) is 5.11. The summed E-state index contributed by atoms with van der Waals surface area (Å²) in [4.78, 5) is 4.41. The third-order valence-corrected chi connectivity index (χ3v) is 3.58. The minimum Gasteiger partial charge on any atom is -0.348 e. The summed E-state index contributed by atoms with van der Waals surface area (Å²) in [6, 6.07) is 0. The van der Waals surface area contributed by atoms with E-state index >= 15 is 0 Å². The molecule has 2 rings (SSSR count). The molecule has 0 spiro atoms. The van der Waals surface area contributed by atoms with Gasteiger partial charge in [0.1, 0.15) is 5.82 Å². The van der Waals surface area contributed by atoms with Crippen LogP contribution in [0.1, 0.15) is 32.0 Å². The van der Waals surface area contributed by atoms with E-state index in [0.29, 0.717) is 6.54 Å². The molecule has 1 heterocycles. The molecule has 1 aromatic heterocycles. The summed E-state index contributed by atoms with van der Waals surface area (Å²) in [6.07, 6.45) is 4.47. The average molecular weight is 227 g/mol. The van der Waals surface area contributed by atoms with E-state index in [1.54, 1.807) is 0 Å². The van der Waals surface area contributed by atoms with Crippen LogP contribution in [0, 0.1) is 16.2 Å². The van der Waals surface area contributed by atoms with E-state index in [0.717, 1.165) is 18.2 Å². The predicted molar refractivity (Wildman–Crippen MR) is 59.9 cm³/mol. The van der Waals surface area contributed by atoms with Crippen LogP contribution < -0.4 is 5.73 Å². The van der Waals surface area contributed by atoms with Gasteiger partial charge in [-0.2, -0.15) is 4.98 Å². The Bertz CT molecular complexity index is 386. The van der Waals surface area contributed by atoms with Crippen molar-refractivity contribution in [2.45, 2.75) is 32.6 Å². The summed E-state index contributed by atoms with van der Waals surface area (Å²) < 4.78 is 4.93. The lowest BCUT2D eigenvalue weighted by Gasteiger charge is -2.25. The van der Waals surface area contributed by atoms with Gasteiger partial charge < -0.3 is 10.3 Å². The molecule has 3 N–H and O–H groups in total. The van der Waals surface area contributed by atoms with Crippen LogP contribution in [0.3, 0.4) is 0 Å². The first-order valence-electron chi connectivity index (χ1n) is 5.38. The number of hydrogen-bond donors (Lipinski definition) is 2. The summed E-state index contributed by atoms with van der Waals surface area (Å²) in [5.41, 5.74) is 6.09.